The van der Waals surface area contributed by atoms with E-state index in [1.165, 1.54) is 12.1 Å². The molecule has 0 bridgehead atoms. The first kappa shape index (κ1) is 12.8. The highest BCUT2D eigenvalue weighted by molar-refractivity contribution is 5.32. The third-order valence-corrected chi connectivity index (χ3v) is 2.98. The Labute approximate surface area is 107 Å². The van der Waals surface area contributed by atoms with Crippen LogP contribution < -0.4 is 10.1 Å². The highest BCUT2D eigenvalue weighted by atomic mass is 19.1. The Morgan fingerprint density at radius 1 is 1.56 bits per heavy atom. The lowest BCUT2D eigenvalue weighted by Gasteiger charge is -2.13. The van der Waals surface area contributed by atoms with E-state index >= 15 is 0 Å². The van der Waals surface area contributed by atoms with Gasteiger partial charge in [0.15, 0.2) is 0 Å². The highest BCUT2D eigenvalue weighted by Crippen LogP contribution is 2.21. The van der Waals surface area contributed by atoms with E-state index < -0.39 is 0 Å². The number of hydrogen-bond acceptors (Lipinski definition) is 3. The molecule has 1 aromatic carbocycles. The quantitative estimate of drug-likeness (QED) is 0.841. The Kier molecular flexibility index (Phi) is 4.16. The summed E-state index contributed by atoms with van der Waals surface area (Å²) in [5, 5.41) is 12.2. The molecule has 0 spiro atoms. The third kappa shape index (κ3) is 3.71. The van der Waals surface area contributed by atoms with Gasteiger partial charge in [-0.1, -0.05) is 6.07 Å². The molecular weight excluding hydrogens is 231 g/mol. The summed E-state index contributed by atoms with van der Waals surface area (Å²) in [4.78, 5) is 0. The zero-order chi connectivity index (χ0) is 13.0. The minimum absolute atomic E-state index is 0.175. The molecule has 4 heteroatoms. The summed E-state index contributed by atoms with van der Waals surface area (Å²) < 4.78 is 18.6. The van der Waals surface area contributed by atoms with Crippen LogP contribution in [0.15, 0.2) is 18.2 Å². The maximum Gasteiger partial charge on any atom is 0.126 e. The molecule has 3 nitrogen and oxygen atoms in total. The van der Waals surface area contributed by atoms with Crippen LogP contribution in [0.25, 0.3) is 0 Å². The molecule has 0 radical (unpaired) electrons. The minimum Gasteiger partial charge on any atom is -0.493 e. The summed E-state index contributed by atoms with van der Waals surface area (Å²) in [6, 6.07) is 7.03. The molecule has 0 saturated heterocycles. The van der Waals surface area contributed by atoms with Crippen molar-refractivity contribution in [3.8, 4) is 11.8 Å². The van der Waals surface area contributed by atoms with Gasteiger partial charge in [0, 0.05) is 18.5 Å². The topological polar surface area (TPSA) is 45.0 Å². The number of hydrogen-bond donors (Lipinski definition) is 1. The molecule has 0 amide bonds. The summed E-state index contributed by atoms with van der Waals surface area (Å²) in [6.45, 7) is 2.29. The molecule has 1 atom stereocenters. The van der Waals surface area contributed by atoms with E-state index in [9.17, 15) is 4.39 Å². The summed E-state index contributed by atoms with van der Waals surface area (Å²) in [5.74, 6) is 0.252. The van der Waals surface area contributed by atoms with E-state index in [2.05, 4.69) is 11.4 Å². The fourth-order valence-electron chi connectivity index (χ4n) is 1.74. The molecule has 1 fully saturated rings. The number of benzene rings is 1. The molecule has 0 aromatic heterocycles. The summed E-state index contributed by atoms with van der Waals surface area (Å²) in [5.41, 5.74) is 0.903. The second-order valence-electron chi connectivity index (χ2n) is 4.67. The van der Waals surface area contributed by atoms with Crippen LogP contribution in [0.1, 0.15) is 24.8 Å². The largest absolute Gasteiger partial charge is 0.493 e. The van der Waals surface area contributed by atoms with Gasteiger partial charge in [0.05, 0.1) is 18.7 Å². The average Bonchev–Trinajstić information content (AvgIpc) is 3.16. The van der Waals surface area contributed by atoms with E-state index in [4.69, 9.17) is 10.00 Å². The fraction of sp³-hybridized carbons (Fsp3) is 0.500. The summed E-state index contributed by atoms with van der Waals surface area (Å²) in [6.07, 6.45) is 2.92. The Hall–Kier alpha value is -1.60. The van der Waals surface area contributed by atoms with Crippen molar-refractivity contribution in [1.29, 1.82) is 5.26 Å². The lowest BCUT2D eigenvalue weighted by atomic mass is 10.2. The molecule has 1 aliphatic carbocycles. The van der Waals surface area contributed by atoms with E-state index in [0.717, 1.165) is 18.4 Å². The molecule has 18 heavy (non-hydrogen) atoms. The van der Waals surface area contributed by atoms with Crippen molar-refractivity contribution in [2.45, 2.75) is 38.3 Å². The van der Waals surface area contributed by atoms with E-state index in [-0.39, 0.29) is 11.9 Å². The van der Waals surface area contributed by atoms with Gasteiger partial charge >= 0.3 is 0 Å². The maximum atomic E-state index is 13.0. The standard InChI is InChI=1S/C14H17FN2O/c1-10-2-3-11(15)8-14(10)18-7-6-13(9-16)17-12-4-5-12/h2-3,8,12-13,17H,4-7H2,1H3. The maximum absolute atomic E-state index is 13.0. The van der Waals surface area contributed by atoms with Gasteiger partial charge in [-0.2, -0.15) is 5.26 Å². The molecule has 1 N–H and O–H groups in total. The smallest absolute Gasteiger partial charge is 0.126 e. The first-order chi connectivity index (χ1) is 8.69. The van der Waals surface area contributed by atoms with Crippen LogP contribution in [0.3, 0.4) is 0 Å². The number of nitrogens with one attached hydrogen (secondary N) is 1. The van der Waals surface area contributed by atoms with Crippen molar-refractivity contribution in [2.75, 3.05) is 6.61 Å². The van der Waals surface area contributed by atoms with Gasteiger partial charge in [-0.25, -0.2) is 4.39 Å². The first-order valence-corrected chi connectivity index (χ1v) is 6.23. The van der Waals surface area contributed by atoms with Crippen molar-refractivity contribution >= 4 is 0 Å². The Morgan fingerprint density at radius 3 is 3.00 bits per heavy atom. The van der Waals surface area contributed by atoms with Crippen molar-refractivity contribution < 1.29 is 9.13 Å². The normalized spacial score (nSPS) is 16.1. The number of nitriles is 1. The Morgan fingerprint density at radius 2 is 2.33 bits per heavy atom. The van der Waals surface area contributed by atoms with Crippen LogP contribution >= 0.6 is 0 Å². The van der Waals surface area contributed by atoms with Crippen LogP contribution in [0.5, 0.6) is 5.75 Å². The van der Waals surface area contributed by atoms with Crippen LogP contribution in [-0.4, -0.2) is 18.7 Å². The molecule has 1 aliphatic rings. The SMILES string of the molecule is Cc1ccc(F)cc1OCCC(C#N)NC1CC1. The van der Waals surface area contributed by atoms with Crippen LogP contribution in [0, 0.1) is 24.1 Å². The third-order valence-electron chi connectivity index (χ3n) is 2.98. The van der Waals surface area contributed by atoms with Gasteiger partial charge < -0.3 is 4.74 Å². The summed E-state index contributed by atoms with van der Waals surface area (Å²) in [7, 11) is 0. The van der Waals surface area contributed by atoms with E-state index in [1.54, 1.807) is 6.07 Å². The van der Waals surface area contributed by atoms with Crippen molar-refractivity contribution in [3.05, 3.63) is 29.6 Å². The molecule has 1 aromatic rings. The van der Waals surface area contributed by atoms with Crippen molar-refractivity contribution in [3.63, 3.8) is 0 Å². The number of rotatable bonds is 6. The lowest BCUT2D eigenvalue weighted by Crippen LogP contribution is -2.31. The van der Waals surface area contributed by atoms with Crippen LogP contribution in [0.4, 0.5) is 4.39 Å². The van der Waals surface area contributed by atoms with Gasteiger partial charge in [0.2, 0.25) is 0 Å². The number of halogens is 1. The van der Waals surface area contributed by atoms with Crippen molar-refractivity contribution in [1.82, 2.24) is 5.32 Å². The minimum atomic E-state index is -0.302. The predicted octanol–water partition coefficient (Wildman–Crippen LogP) is 2.55. The second kappa shape index (κ2) is 5.83. The summed E-state index contributed by atoms with van der Waals surface area (Å²) >= 11 is 0. The lowest BCUT2D eigenvalue weighted by molar-refractivity contribution is 0.294. The highest BCUT2D eigenvalue weighted by Gasteiger charge is 2.24. The zero-order valence-corrected chi connectivity index (χ0v) is 10.4. The van der Waals surface area contributed by atoms with Gasteiger partial charge in [-0.3, -0.25) is 5.32 Å². The fourth-order valence-corrected chi connectivity index (χ4v) is 1.74. The zero-order valence-electron chi connectivity index (χ0n) is 10.4. The Balaban J connectivity index is 1.79. The average molecular weight is 248 g/mol. The van der Waals surface area contributed by atoms with Crippen LogP contribution in [0.2, 0.25) is 0 Å². The van der Waals surface area contributed by atoms with E-state index in [1.807, 2.05) is 6.92 Å². The van der Waals surface area contributed by atoms with Gasteiger partial charge in [-0.15, -0.1) is 0 Å². The monoisotopic (exact) mass is 248 g/mol. The Bertz CT molecular complexity index is 452. The number of ether oxygens (including phenoxy) is 1. The number of nitrogens with zero attached hydrogens (tertiary/aromatic N) is 1. The molecule has 1 unspecified atom stereocenters. The molecular formula is C14H17FN2O. The second-order valence-corrected chi connectivity index (χ2v) is 4.67. The van der Waals surface area contributed by atoms with Gasteiger partial charge in [-0.05, 0) is 31.4 Å². The van der Waals surface area contributed by atoms with Gasteiger partial charge in [0.1, 0.15) is 11.6 Å². The number of aryl methyl sites for hydroxylation is 1. The predicted molar refractivity (Wildman–Crippen MR) is 66.8 cm³/mol. The molecule has 1 saturated carbocycles. The van der Waals surface area contributed by atoms with E-state index in [0.29, 0.717) is 24.8 Å². The molecule has 0 aliphatic heterocycles. The molecule has 96 valence electrons. The molecule has 2 rings (SSSR count). The van der Waals surface area contributed by atoms with Crippen molar-refractivity contribution in [2.24, 2.45) is 0 Å². The first-order valence-electron chi connectivity index (χ1n) is 6.23. The molecule has 0 heterocycles. The van der Waals surface area contributed by atoms with Crippen LogP contribution in [-0.2, 0) is 0 Å². The van der Waals surface area contributed by atoms with Gasteiger partial charge in [0.25, 0.3) is 0 Å².